The largest absolute Gasteiger partial charge is 0.368 e. The maximum atomic E-state index is 9.02. The predicted molar refractivity (Wildman–Crippen MR) is 40.2 cm³/mol. The maximum absolute atomic E-state index is 9.02. The van der Waals surface area contributed by atoms with E-state index in [4.69, 9.17) is 29.9 Å². The van der Waals surface area contributed by atoms with Crippen molar-refractivity contribution in [3.63, 3.8) is 0 Å². The molecule has 6 nitrogen and oxygen atoms in total. The molecule has 1 rings (SSSR count). The molecule has 0 aromatic carbocycles. The molecular formula is C7H14O6. The Morgan fingerprint density at radius 2 is 1.85 bits per heavy atom. The summed E-state index contributed by atoms with van der Waals surface area (Å²) in [6, 6.07) is 0. The summed E-state index contributed by atoms with van der Waals surface area (Å²) in [4.78, 5) is 0. The standard InChI is InChI=1S/C7H14O6/c1-3(5(8)9)4-2-12-6(10)7(11)13-4/h3-11H,2H2,1H3. The zero-order valence-electron chi connectivity index (χ0n) is 7.20. The quantitative estimate of drug-likeness (QED) is 0.379. The third kappa shape index (κ3) is 2.60. The normalized spacial score (nSPS) is 37.8. The summed E-state index contributed by atoms with van der Waals surface area (Å²) in [6.07, 6.45) is -4.95. The highest BCUT2D eigenvalue weighted by molar-refractivity contribution is 4.72. The van der Waals surface area contributed by atoms with Crippen molar-refractivity contribution in [1.29, 1.82) is 0 Å². The van der Waals surface area contributed by atoms with Crippen LogP contribution in [0.5, 0.6) is 0 Å². The van der Waals surface area contributed by atoms with Gasteiger partial charge >= 0.3 is 0 Å². The van der Waals surface area contributed by atoms with E-state index >= 15 is 0 Å². The van der Waals surface area contributed by atoms with E-state index in [0.717, 1.165) is 0 Å². The summed E-state index contributed by atoms with van der Waals surface area (Å²) in [5.74, 6) is -0.581. The van der Waals surface area contributed by atoms with Crippen LogP contribution in [0.15, 0.2) is 0 Å². The van der Waals surface area contributed by atoms with Crippen molar-refractivity contribution in [2.24, 2.45) is 5.92 Å². The zero-order chi connectivity index (χ0) is 10.0. The molecule has 1 saturated heterocycles. The van der Waals surface area contributed by atoms with Crippen LogP contribution in [0.3, 0.4) is 0 Å². The van der Waals surface area contributed by atoms with Gasteiger partial charge in [-0.2, -0.15) is 0 Å². The fourth-order valence-electron chi connectivity index (χ4n) is 1.03. The Bertz CT molecular complexity index is 161. The van der Waals surface area contributed by atoms with Crippen LogP contribution in [-0.2, 0) is 9.47 Å². The Labute approximate surface area is 75.3 Å². The number of aliphatic hydroxyl groups excluding tert-OH is 3. The van der Waals surface area contributed by atoms with E-state index in [9.17, 15) is 0 Å². The first-order chi connectivity index (χ1) is 6.02. The molecule has 4 unspecified atom stereocenters. The molecule has 78 valence electrons. The molecule has 0 aromatic rings. The van der Waals surface area contributed by atoms with E-state index in [1.54, 1.807) is 6.92 Å². The minimum atomic E-state index is -1.53. The number of aliphatic hydroxyl groups is 4. The Hall–Kier alpha value is -0.240. The highest BCUT2D eigenvalue weighted by Gasteiger charge is 2.34. The Kier molecular flexibility index (Phi) is 3.60. The van der Waals surface area contributed by atoms with Crippen LogP contribution in [0.4, 0.5) is 0 Å². The molecule has 0 amide bonds. The SMILES string of the molecule is CC(C(O)O)C1COC(O)C(O)O1. The second kappa shape index (κ2) is 4.32. The average Bonchev–Trinajstić information content (AvgIpc) is 2.08. The van der Waals surface area contributed by atoms with Crippen LogP contribution in [0.2, 0.25) is 0 Å². The molecule has 4 N–H and O–H groups in total. The molecule has 6 heteroatoms. The van der Waals surface area contributed by atoms with Gasteiger partial charge < -0.3 is 29.9 Å². The van der Waals surface area contributed by atoms with Gasteiger partial charge in [0.05, 0.1) is 12.7 Å². The summed E-state index contributed by atoms with van der Waals surface area (Å²) >= 11 is 0. The van der Waals surface area contributed by atoms with Gasteiger partial charge in [0.25, 0.3) is 0 Å². The van der Waals surface area contributed by atoms with Gasteiger partial charge in [0, 0.05) is 5.92 Å². The lowest BCUT2D eigenvalue weighted by molar-refractivity contribution is -0.328. The Morgan fingerprint density at radius 3 is 2.31 bits per heavy atom. The second-order valence-corrected chi connectivity index (χ2v) is 3.06. The lowest BCUT2D eigenvalue weighted by Crippen LogP contribution is -2.48. The predicted octanol–water partition coefficient (Wildman–Crippen LogP) is -2.01. The highest BCUT2D eigenvalue weighted by Crippen LogP contribution is 2.19. The van der Waals surface area contributed by atoms with Crippen molar-refractivity contribution in [3.8, 4) is 0 Å². The summed E-state index contributed by atoms with van der Waals surface area (Å²) in [7, 11) is 0. The molecule has 0 aliphatic carbocycles. The van der Waals surface area contributed by atoms with Crippen LogP contribution in [0.1, 0.15) is 6.92 Å². The Balaban J connectivity index is 2.45. The fraction of sp³-hybridized carbons (Fsp3) is 1.00. The molecular weight excluding hydrogens is 180 g/mol. The first-order valence-electron chi connectivity index (χ1n) is 4.01. The molecule has 4 atom stereocenters. The molecule has 0 saturated carbocycles. The fourth-order valence-corrected chi connectivity index (χ4v) is 1.03. The van der Waals surface area contributed by atoms with E-state index in [0.29, 0.717) is 0 Å². The average molecular weight is 194 g/mol. The van der Waals surface area contributed by atoms with Gasteiger partial charge in [0.15, 0.2) is 6.29 Å². The van der Waals surface area contributed by atoms with Crippen LogP contribution < -0.4 is 0 Å². The van der Waals surface area contributed by atoms with Crippen LogP contribution in [0, 0.1) is 5.92 Å². The molecule has 1 aliphatic rings. The smallest absolute Gasteiger partial charge is 0.207 e. The molecule has 0 aromatic heterocycles. The topological polar surface area (TPSA) is 99.4 Å². The van der Waals surface area contributed by atoms with Crippen molar-refractivity contribution in [3.05, 3.63) is 0 Å². The molecule has 13 heavy (non-hydrogen) atoms. The number of hydrogen-bond donors (Lipinski definition) is 4. The highest BCUT2D eigenvalue weighted by atomic mass is 16.7. The van der Waals surface area contributed by atoms with Gasteiger partial charge in [-0.15, -0.1) is 0 Å². The lowest BCUT2D eigenvalue weighted by Gasteiger charge is -2.34. The zero-order valence-corrected chi connectivity index (χ0v) is 7.20. The molecule has 1 fully saturated rings. The van der Waals surface area contributed by atoms with Crippen LogP contribution in [0.25, 0.3) is 0 Å². The molecule has 0 radical (unpaired) electrons. The van der Waals surface area contributed by atoms with E-state index in [-0.39, 0.29) is 6.61 Å². The minimum absolute atomic E-state index is 0.0248. The van der Waals surface area contributed by atoms with Crippen molar-refractivity contribution >= 4 is 0 Å². The molecule has 0 bridgehead atoms. The Morgan fingerprint density at radius 1 is 1.23 bits per heavy atom. The second-order valence-electron chi connectivity index (χ2n) is 3.06. The summed E-state index contributed by atoms with van der Waals surface area (Å²) < 4.78 is 9.61. The van der Waals surface area contributed by atoms with E-state index in [2.05, 4.69) is 0 Å². The van der Waals surface area contributed by atoms with Crippen molar-refractivity contribution in [2.75, 3.05) is 6.61 Å². The van der Waals surface area contributed by atoms with Gasteiger partial charge in [0.1, 0.15) is 0 Å². The van der Waals surface area contributed by atoms with Gasteiger partial charge in [0.2, 0.25) is 12.6 Å². The van der Waals surface area contributed by atoms with E-state index in [1.165, 1.54) is 0 Å². The third-order valence-corrected chi connectivity index (χ3v) is 2.05. The summed E-state index contributed by atoms with van der Waals surface area (Å²) in [5.41, 5.74) is 0. The first-order valence-corrected chi connectivity index (χ1v) is 4.01. The lowest BCUT2D eigenvalue weighted by atomic mass is 10.0. The molecule has 1 heterocycles. The summed E-state index contributed by atoms with van der Waals surface area (Å²) in [5, 5.41) is 35.5. The number of ether oxygens (including phenoxy) is 2. The van der Waals surface area contributed by atoms with E-state index < -0.39 is 30.9 Å². The first kappa shape index (κ1) is 10.8. The van der Waals surface area contributed by atoms with Gasteiger partial charge in [-0.05, 0) is 0 Å². The van der Waals surface area contributed by atoms with Crippen LogP contribution >= 0.6 is 0 Å². The monoisotopic (exact) mass is 194 g/mol. The van der Waals surface area contributed by atoms with E-state index in [1.807, 2.05) is 0 Å². The number of rotatable bonds is 2. The minimum Gasteiger partial charge on any atom is -0.368 e. The molecule has 1 aliphatic heterocycles. The van der Waals surface area contributed by atoms with Crippen molar-refractivity contribution < 1.29 is 29.9 Å². The van der Waals surface area contributed by atoms with Gasteiger partial charge in [-0.3, -0.25) is 0 Å². The van der Waals surface area contributed by atoms with Crippen molar-refractivity contribution in [1.82, 2.24) is 0 Å². The molecule has 0 spiro atoms. The van der Waals surface area contributed by atoms with Crippen LogP contribution in [-0.4, -0.2) is 52.0 Å². The number of hydrogen-bond acceptors (Lipinski definition) is 6. The summed E-state index contributed by atoms with van der Waals surface area (Å²) in [6.45, 7) is 1.57. The van der Waals surface area contributed by atoms with Crippen molar-refractivity contribution in [2.45, 2.75) is 31.9 Å². The third-order valence-electron chi connectivity index (χ3n) is 2.05. The maximum Gasteiger partial charge on any atom is 0.207 e. The van der Waals surface area contributed by atoms with Gasteiger partial charge in [-0.1, -0.05) is 6.92 Å². The van der Waals surface area contributed by atoms with Gasteiger partial charge in [-0.25, -0.2) is 0 Å².